The van der Waals surface area contributed by atoms with E-state index < -0.39 is 5.79 Å². The van der Waals surface area contributed by atoms with Gasteiger partial charge in [0, 0.05) is 18.8 Å². The number of hydrogen-bond donors (Lipinski definition) is 0. The molecule has 2 aliphatic heterocycles. The van der Waals surface area contributed by atoms with Crippen LogP contribution in [0.15, 0.2) is 10.6 Å². The molecular formula is C19H29ClO5. The molecule has 0 radical (unpaired) electrons. The van der Waals surface area contributed by atoms with Gasteiger partial charge in [-0.15, -0.1) is 0 Å². The molecule has 6 heteroatoms. The molecular weight excluding hydrogens is 344 g/mol. The molecule has 2 saturated heterocycles. The van der Waals surface area contributed by atoms with Crippen LogP contribution in [0.1, 0.15) is 64.2 Å². The van der Waals surface area contributed by atoms with E-state index in [-0.39, 0.29) is 18.5 Å². The van der Waals surface area contributed by atoms with Gasteiger partial charge < -0.3 is 18.9 Å². The number of unbranched alkanes of at least 4 members (excludes halogenated alkanes) is 4. The highest BCUT2D eigenvalue weighted by molar-refractivity contribution is 6.44. The van der Waals surface area contributed by atoms with Gasteiger partial charge in [0.05, 0.1) is 24.7 Å². The summed E-state index contributed by atoms with van der Waals surface area (Å²) in [6.07, 6.45) is 9.91. The van der Waals surface area contributed by atoms with Gasteiger partial charge in [-0.25, -0.2) is 0 Å². The minimum absolute atomic E-state index is 0.0188. The largest absolute Gasteiger partial charge is 0.353 e. The standard InChI is InChI=1S/C19H29ClO5/c20-18-15(19(14-16(18)21)24-12-13-25-19)8-4-2-1-3-6-10-22-17-9-5-7-11-23-17/h17H,1-14H2. The monoisotopic (exact) mass is 372 g/mol. The Morgan fingerprint density at radius 3 is 2.56 bits per heavy atom. The second-order valence-electron chi connectivity index (χ2n) is 7.03. The van der Waals surface area contributed by atoms with E-state index in [0.717, 1.165) is 70.2 Å². The van der Waals surface area contributed by atoms with Crippen molar-refractivity contribution in [1.82, 2.24) is 0 Å². The lowest BCUT2D eigenvalue weighted by atomic mass is 10.0. The molecule has 0 amide bonds. The molecule has 1 atom stereocenters. The highest BCUT2D eigenvalue weighted by Gasteiger charge is 2.49. The number of allylic oxidation sites excluding steroid dienone is 1. The van der Waals surface area contributed by atoms with Gasteiger partial charge in [0.25, 0.3) is 0 Å². The van der Waals surface area contributed by atoms with Crippen molar-refractivity contribution in [3.63, 3.8) is 0 Å². The lowest BCUT2D eigenvalue weighted by Crippen LogP contribution is -2.30. The first-order chi connectivity index (χ1) is 12.2. The normalized spacial score (nSPS) is 26.1. The fourth-order valence-electron chi connectivity index (χ4n) is 3.75. The summed E-state index contributed by atoms with van der Waals surface area (Å²) in [5.74, 6) is -0.900. The van der Waals surface area contributed by atoms with Crippen LogP contribution in [0, 0.1) is 0 Å². The second-order valence-corrected chi connectivity index (χ2v) is 7.40. The Bertz CT molecular complexity index is 478. The zero-order chi connectivity index (χ0) is 17.5. The smallest absolute Gasteiger partial charge is 0.200 e. The second kappa shape index (κ2) is 9.47. The summed E-state index contributed by atoms with van der Waals surface area (Å²) >= 11 is 6.20. The first-order valence-electron chi connectivity index (χ1n) is 9.65. The predicted octanol–water partition coefficient (Wildman–Crippen LogP) is 4.08. The number of Topliss-reactive ketones (excluding diaryl/α,β-unsaturated/α-hetero) is 1. The van der Waals surface area contributed by atoms with Gasteiger partial charge in [-0.3, -0.25) is 4.79 Å². The van der Waals surface area contributed by atoms with Crippen molar-refractivity contribution in [3.05, 3.63) is 10.6 Å². The van der Waals surface area contributed by atoms with Crippen molar-refractivity contribution in [3.8, 4) is 0 Å². The average Bonchev–Trinajstić information content (AvgIpc) is 3.18. The summed E-state index contributed by atoms with van der Waals surface area (Å²) in [5.41, 5.74) is 0.856. The lowest BCUT2D eigenvalue weighted by molar-refractivity contribution is -0.162. The molecule has 0 N–H and O–H groups in total. The van der Waals surface area contributed by atoms with Crippen molar-refractivity contribution < 1.29 is 23.7 Å². The Kier molecular flexibility index (Phi) is 7.31. The average molecular weight is 373 g/mol. The van der Waals surface area contributed by atoms with Gasteiger partial charge in [-0.2, -0.15) is 0 Å². The van der Waals surface area contributed by atoms with Crippen molar-refractivity contribution in [1.29, 1.82) is 0 Å². The van der Waals surface area contributed by atoms with E-state index in [4.69, 9.17) is 30.5 Å². The first kappa shape index (κ1) is 19.3. The Balaban J connectivity index is 1.27. The molecule has 2 heterocycles. The molecule has 142 valence electrons. The number of carbonyl (C=O) groups is 1. The molecule has 3 aliphatic rings. The van der Waals surface area contributed by atoms with E-state index in [9.17, 15) is 4.79 Å². The summed E-state index contributed by atoms with van der Waals surface area (Å²) in [5, 5.41) is 0.336. The SMILES string of the molecule is O=C1CC2(OCCO2)C(CCCCCCCOC2CCCCO2)=C1Cl. The van der Waals surface area contributed by atoms with Crippen LogP contribution in [0.25, 0.3) is 0 Å². The van der Waals surface area contributed by atoms with E-state index in [0.29, 0.717) is 18.2 Å². The van der Waals surface area contributed by atoms with Crippen LogP contribution in [-0.4, -0.2) is 44.3 Å². The molecule has 0 aromatic carbocycles. The van der Waals surface area contributed by atoms with Crippen molar-refractivity contribution in [2.45, 2.75) is 76.3 Å². The molecule has 0 saturated carbocycles. The maximum Gasteiger partial charge on any atom is 0.200 e. The maximum absolute atomic E-state index is 11.9. The molecule has 1 unspecified atom stereocenters. The summed E-state index contributed by atoms with van der Waals surface area (Å²) in [6.45, 7) is 2.68. The molecule has 0 aromatic rings. The molecule has 1 spiro atoms. The number of rotatable bonds is 9. The number of ketones is 1. The summed E-state index contributed by atoms with van der Waals surface area (Å²) < 4.78 is 22.7. The molecule has 25 heavy (non-hydrogen) atoms. The molecule has 2 fully saturated rings. The third kappa shape index (κ3) is 5.04. The third-order valence-electron chi connectivity index (χ3n) is 5.13. The third-order valence-corrected chi connectivity index (χ3v) is 5.57. The van der Waals surface area contributed by atoms with Crippen LogP contribution in [0.4, 0.5) is 0 Å². The van der Waals surface area contributed by atoms with Gasteiger partial charge >= 0.3 is 0 Å². The van der Waals surface area contributed by atoms with Crippen LogP contribution in [-0.2, 0) is 23.7 Å². The van der Waals surface area contributed by atoms with E-state index in [1.807, 2.05) is 0 Å². The van der Waals surface area contributed by atoms with Crippen LogP contribution < -0.4 is 0 Å². The minimum Gasteiger partial charge on any atom is -0.353 e. The summed E-state index contributed by atoms with van der Waals surface area (Å²) in [7, 11) is 0. The van der Waals surface area contributed by atoms with Crippen molar-refractivity contribution in [2.75, 3.05) is 26.4 Å². The van der Waals surface area contributed by atoms with E-state index >= 15 is 0 Å². The Morgan fingerprint density at radius 2 is 1.80 bits per heavy atom. The van der Waals surface area contributed by atoms with Crippen LogP contribution >= 0.6 is 11.6 Å². The Hall–Kier alpha value is -0.460. The van der Waals surface area contributed by atoms with Gasteiger partial charge in [0.2, 0.25) is 0 Å². The van der Waals surface area contributed by atoms with Crippen molar-refractivity contribution in [2.24, 2.45) is 0 Å². The van der Waals surface area contributed by atoms with Crippen LogP contribution in [0.5, 0.6) is 0 Å². The van der Waals surface area contributed by atoms with Crippen LogP contribution in [0.3, 0.4) is 0 Å². The maximum atomic E-state index is 11.9. The highest BCUT2D eigenvalue weighted by atomic mass is 35.5. The zero-order valence-electron chi connectivity index (χ0n) is 14.9. The Labute approximate surface area is 155 Å². The van der Waals surface area contributed by atoms with Gasteiger partial charge in [-0.05, 0) is 38.5 Å². The number of hydrogen-bond acceptors (Lipinski definition) is 5. The fraction of sp³-hybridized carbons (Fsp3) is 0.842. The summed E-state index contributed by atoms with van der Waals surface area (Å²) in [6, 6.07) is 0. The topological polar surface area (TPSA) is 54.0 Å². The fourth-order valence-corrected chi connectivity index (χ4v) is 4.06. The van der Waals surface area contributed by atoms with Gasteiger partial charge in [0.15, 0.2) is 17.9 Å². The molecule has 0 bridgehead atoms. The zero-order valence-corrected chi connectivity index (χ0v) is 15.7. The molecule has 5 nitrogen and oxygen atoms in total. The minimum atomic E-state index is -0.845. The number of carbonyl (C=O) groups excluding carboxylic acids is 1. The molecule has 1 aliphatic carbocycles. The quantitative estimate of drug-likeness (QED) is 0.571. The lowest BCUT2D eigenvalue weighted by Gasteiger charge is -2.24. The van der Waals surface area contributed by atoms with Gasteiger partial charge in [0.1, 0.15) is 0 Å². The van der Waals surface area contributed by atoms with E-state index in [2.05, 4.69) is 0 Å². The Morgan fingerprint density at radius 1 is 1.04 bits per heavy atom. The highest BCUT2D eigenvalue weighted by Crippen LogP contribution is 2.43. The van der Waals surface area contributed by atoms with E-state index in [1.54, 1.807) is 0 Å². The van der Waals surface area contributed by atoms with Gasteiger partial charge in [-0.1, -0.05) is 30.9 Å². The molecule has 0 aromatic heterocycles. The van der Waals surface area contributed by atoms with Crippen LogP contribution in [0.2, 0.25) is 0 Å². The number of halogens is 1. The first-order valence-corrected chi connectivity index (χ1v) is 10.0. The summed E-state index contributed by atoms with van der Waals surface area (Å²) in [4.78, 5) is 11.9. The van der Waals surface area contributed by atoms with E-state index in [1.165, 1.54) is 6.42 Å². The predicted molar refractivity (Wildman–Crippen MR) is 94.4 cm³/mol. The number of ether oxygens (including phenoxy) is 4. The molecule has 3 rings (SSSR count). The van der Waals surface area contributed by atoms with Crippen molar-refractivity contribution >= 4 is 17.4 Å².